The molecule has 1 aromatic rings. The maximum atomic E-state index is 12.1. The van der Waals surface area contributed by atoms with Gasteiger partial charge in [0.2, 0.25) is 0 Å². The normalized spacial score (nSPS) is 10.9. The van der Waals surface area contributed by atoms with Crippen LogP contribution in [0.3, 0.4) is 0 Å². The minimum absolute atomic E-state index is 0.0441. The standard InChI is InChI=1S/C14H21NO3S/c1-18-10-8-15(7-9-16)11-14(17)12-3-5-13(19-2)6-4-12/h3-6,16H,7-11H2,1-2H3. The number of carbonyl (C=O) groups is 1. The van der Waals surface area contributed by atoms with Gasteiger partial charge in [-0.25, -0.2) is 0 Å². The van der Waals surface area contributed by atoms with E-state index in [0.717, 1.165) is 4.90 Å². The Morgan fingerprint density at radius 1 is 1.32 bits per heavy atom. The number of ketones is 1. The number of methoxy groups -OCH3 is 1. The predicted octanol–water partition coefficient (Wildman–Crippen LogP) is 1.53. The molecular weight excluding hydrogens is 262 g/mol. The van der Waals surface area contributed by atoms with Crippen LogP contribution in [0.15, 0.2) is 29.2 Å². The maximum Gasteiger partial charge on any atom is 0.176 e. The Balaban J connectivity index is 2.58. The van der Waals surface area contributed by atoms with Gasteiger partial charge in [0, 0.05) is 30.7 Å². The van der Waals surface area contributed by atoms with Crippen LogP contribution < -0.4 is 0 Å². The van der Waals surface area contributed by atoms with Crippen LogP contribution in [0, 0.1) is 0 Å². The quantitative estimate of drug-likeness (QED) is 0.550. The highest BCUT2D eigenvalue weighted by atomic mass is 32.2. The molecule has 1 aromatic carbocycles. The fraction of sp³-hybridized carbons (Fsp3) is 0.500. The van der Waals surface area contributed by atoms with Crippen LogP contribution in [0.1, 0.15) is 10.4 Å². The van der Waals surface area contributed by atoms with Gasteiger partial charge in [-0.1, -0.05) is 12.1 Å². The lowest BCUT2D eigenvalue weighted by atomic mass is 10.1. The molecule has 5 heteroatoms. The van der Waals surface area contributed by atoms with Crippen molar-refractivity contribution >= 4 is 17.5 Å². The number of hydrogen-bond acceptors (Lipinski definition) is 5. The summed E-state index contributed by atoms with van der Waals surface area (Å²) in [6.07, 6.45) is 2.00. The molecule has 0 radical (unpaired) electrons. The van der Waals surface area contributed by atoms with Crippen molar-refractivity contribution in [2.24, 2.45) is 0 Å². The molecule has 19 heavy (non-hydrogen) atoms. The summed E-state index contributed by atoms with van der Waals surface area (Å²) < 4.78 is 5.00. The Morgan fingerprint density at radius 2 is 2.00 bits per heavy atom. The Bertz CT molecular complexity index is 381. The molecule has 0 saturated carbocycles. The van der Waals surface area contributed by atoms with Gasteiger partial charge in [0.15, 0.2) is 5.78 Å². The van der Waals surface area contributed by atoms with E-state index in [-0.39, 0.29) is 12.4 Å². The van der Waals surface area contributed by atoms with Crippen LogP contribution in [0.4, 0.5) is 0 Å². The fourth-order valence-corrected chi connectivity index (χ4v) is 2.11. The summed E-state index contributed by atoms with van der Waals surface area (Å²) in [5, 5.41) is 8.99. The molecule has 1 rings (SSSR count). The van der Waals surface area contributed by atoms with E-state index in [9.17, 15) is 4.79 Å². The molecule has 0 saturated heterocycles. The highest BCUT2D eigenvalue weighted by Gasteiger charge is 2.12. The number of aliphatic hydroxyl groups excluding tert-OH is 1. The van der Waals surface area contributed by atoms with Crippen molar-refractivity contribution in [1.82, 2.24) is 4.90 Å². The van der Waals surface area contributed by atoms with Crippen molar-refractivity contribution in [2.45, 2.75) is 4.90 Å². The van der Waals surface area contributed by atoms with Gasteiger partial charge in [-0.2, -0.15) is 0 Å². The van der Waals surface area contributed by atoms with E-state index >= 15 is 0 Å². The summed E-state index contributed by atoms with van der Waals surface area (Å²) >= 11 is 1.65. The molecule has 106 valence electrons. The SMILES string of the molecule is COCCN(CCO)CC(=O)c1ccc(SC)cc1. The van der Waals surface area contributed by atoms with Crippen LogP contribution in [0.25, 0.3) is 0 Å². The first-order valence-corrected chi connectivity index (χ1v) is 7.43. The van der Waals surface area contributed by atoms with Crippen molar-refractivity contribution in [3.63, 3.8) is 0 Å². The van der Waals surface area contributed by atoms with Gasteiger partial charge in [-0.05, 0) is 18.4 Å². The predicted molar refractivity (Wildman–Crippen MR) is 78.0 cm³/mol. The molecule has 0 heterocycles. The summed E-state index contributed by atoms with van der Waals surface area (Å²) in [5.74, 6) is 0.0669. The highest BCUT2D eigenvalue weighted by molar-refractivity contribution is 7.98. The first kappa shape index (κ1) is 16.2. The lowest BCUT2D eigenvalue weighted by Crippen LogP contribution is -2.35. The molecule has 0 aliphatic heterocycles. The minimum Gasteiger partial charge on any atom is -0.395 e. The van der Waals surface area contributed by atoms with Crippen molar-refractivity contribution in [3.05, 3.63) is 29.8 Å². The molecule has 0 spiro atoms. The lowest BCUT2D eigenvalue weighted by molar-refractivity contribution is 0.0868. The molecule has 0 unspecified atom stereocenters. The largest absolute Gasteiger partial charge is 0.395 e. The van der Waals surface area contributed by atoms with Gasteiger partial charge in [-0.15, -0.1) is 11.8 Å². The van der Waals surface area contributed by atoms with E-state index in [1.54, 1.807) is 18.9 Å². The van der Waals surface area contributed by atoms with Crippen molar-refractivity contribution in [1.29, 1.82) is 0 Å². The molecule has 0 bridgehead atoms. The fourth-order valence-electron chi connectivity index (χ4n) is 1.70. The van der Waals surface area contributed by atoms with Crippen LogP contribution in [-0.2, 0) is 4.74 Å². The van der Waals surface area contributed by atoms with E-state index in [1.807, 2.05) is 35.4 Å². The average molecular weight is 283 g/mol. The van der Waals surface area contributed by atoms with Crippen LogP contribution in [0.2, 0.25) is 0 Å². The lowest BCUT2D eigenvalue weighted by Gasteiger charge is -2.19. The number of benzene rings is 1. The third-order valence-corrected chi connectivity index (χ3v) is 3.55. The highest BCUT2D eigenvalue weighted by Crippen LogP contribution is 2.15. The van der Waals surface area contributed by atoms with Crippen molar-refractivity contribution in [2.75, 3.05) is 46.2 Å². The zero-order chi connectivity index (χ0) is 14.1. The summed E-state index contributed by atoms with van der Waals surface area (Å²) in [6, 6.07) is 7.59. The maximum absolute atomic E-state index is 12.1. The van der Waals surface area contributed by atoms with E-state index in [0.29, 0.717) is 31.8 Å². The molecule has 0 aromatic heterocycles. The van der Waals surface area contributed by atoms with Gasteiger partial charge in [0.1, 0.15) is 0 Å². The van der Waals surface area contributed by atoms with E-state index < -0.39 is 0 Å². The number of Topliss-reactive ketones (excluding diaryl/α,β-unsaturated/α-hetero) is 1. The van der Waals surface area contributed by atoms with Gasteiger partial charge < -0.3 is 9.84 Å². The van der Waals surface area contributed by atoms with Gasteiger partial charge in [0.05, 0.1) is 19.8 Å². The van der Waals surface area contributed by atoms with Gasteiger partial charge in [-0.3, -0.25) is 9.69 Å². The van der Waals surface area contributed by atoms with Crippen LogP contribution in [-0.4, -0.2) is 62.0 Å². The van der Waals surface area contributed by atoms with Gasteiger partial charge in [0.25, 0.3) is 0 Å². The minimum atomic E-state index is 0.0441. The number of hydrogen-bond donors (Lipinski definition) is 1. The summed E-state index contributed by atoms with van der Waals surface area (Å²) in [7, 11) is 1.63. The number of thioether (sulfide) groups is 1. The summed E-state index contributed by atoms with van der Waals surface area (Å²) in [4.78, 5) is 15.2. The Labute approximate surface area is 118 Å². The monoisotopic (exact) mass is 283 g/mol. The smallest absolute Gasteiger partial charge is 0.176 e. The third kappa shape index (κ3) is 5.74. The Kier molecular flexibility index (Phi) is 7.74. The Morgan fingerprint density at radius 3 is 2.53 bits per heavy atom. The molecule has 0 aliphatic carbocycles. The third-order valence-electron chi connectivity index (χ3n) is 2.81. The molecule has 1 N–H and O–H groups in total. The van der Waals surface area contributed by atoms with Crippen LogP contribution >= 0.6 is 11.8 Å². The van der Waals surface area contributed by atoms with Crippen LogP contribution in [0.5, 0.6) is 0 Å². The van der Waals surface area contributed by atoms with Crippen molar-refractivity contribution < 1.29 is 14.6 Å². The molecule has 0 atom stereocenters. The Hall–Kier alpha value is -0.880. The average Bonchev–Trinajstić information content (AvgIpc) is 2.45. The molecule has 0 amide bonds. The second-order valence-electron chi connectivity index (χ2n) is 4.14. The van der Waals surface area contributed by atoms with E-state index in [1.165, 1.54) is 0 Å². The number of nitrogens with zero attached hydrogens (tertiary/aromatic N) is 1. The molecular formula is C14H21NO3S. The van der Waals surface area contributed by atoms with Crippen molar-refractivity contribution in [3.8, 4) is 0 Å². The second kappa shape index (κ2) is 9.09. The summed E-state index contributed by atoms with van der Waals surface area (Å²) in [5.41, 5.74) is 0.707. The number of ether oxygens (including phenoxy) is 1. The molecule has 0 fully saturated rings. The molecule has 0 aliphatic rings. The van der Waals surface area contributed by atoms with E-state index in [4.69, 9.17) is 9.84 Å². The second-order valence-corrected chi connectivity index (χ2v) is 5.02. The van der Waals surface area contributed by atoms with Gasteiger partial charge >= 0.3 is 0 Å². The number of aliphatic hydroxyl groups is 1. The topological polar surface area (TPSA) is 49.8 Å². The number of rotatable bonds is 9. The zero-order valence-corrected chi connectivity index (χ0v) is 12.3. The summed E-state index contributed by atoms with van der Waals surface area (Å²) in [6.45, 7) is 2.04. The first-order chi connectivity index (χ1) is 9.21. The number of carbonyl (C=O) groups excluding carboxylic acids is 1. The first-order valence-electron chi connectivity index (χ1n) is 6.20. The zero-order valence-electron chi connectivity index (χ0n) is 11.5. The molecule has 4 nitrogen and oxygen atoms in total. The van der Waals surface area contributed by atoms with E-state index in [2.05, 4.69) is 0 Å².